The van der Waals surface area contributed by atoms with Crippen LogP contribution in [0.2, 0.25) is 0 Å². The molecule has 1 aliphatic rings. The number of hydrogen-bond donors (Lipinski definition) is 1. The Hall–Kier alpha value is -1.67. The second-order valence-corrected chi connectivity index (χ2v) is 7.13. The fraction of sp³-hybridized carbons (Fsp3) is 0.538. The third-order valence-corrected chi connectivity index (χ3v) is 5.37. The van der Waals surface area contributed by atoms with E-state index in [0.717, 1.165) is 0 Å². The lowest BCUT2D eigenvalue weighted by Gasteiger charge is -2.14. The molecule has 7 nitrogen and oxygen atoms in total. The highest BCUT2D eigenvalue weighted by atomic mass is 32.2. The van der Waals surface area contributed by atoms with Crippen molar-refractivity contribution in [2.45, 2.75) is 19.9 Å². The summed E-state index contributed by atoms with van der Waals surface area (Å²) in [4.78, 5) is 23.5. The average Bonchev–Trinajstić information content (AvgIpc) is 2.74. The molecule has 1 N–H and O–H groups in total. The van der Waals surface area contributed by atoms with Gasteiger partial charge in [-0.15, -0.1) is 0 Å². The van der Waals surface area contributed by atoms with Crippen LogP contribution in [-0.4, -0.2) is 48.6 Å². The molecule has 2 rings (SSSR count). The number of sulfonamides is 1. The number of carbonyl (C=O) groups is 1. The molecule has 0 spiro atoms. The predicted molar refractivity (Wildman–Crippen MR) is 78.4 cm³/mol. The molecule has 0 saturated carbocycles. The van der Waals surface area contributed by atoms with Gasteiger partial charge >= 0.3 is 0 Å². The number of aryl methyl sites for hydroxylation is 1. The number of nitrogens with zero attached hydrogens (tertiary/aromatic N) is 2. The van der Waals surface area contributed by atoms with Gasteiger partial charge in [0.15, 0.2) is 0 Å². The number of carbonyl (C=O) groups excluding carboxylic acids is 1. The van der Waals surface area contributed by atoms with Gasteiger partial charge in [-0.05, 0) is 19.4 Å². The van der Waals surface area contributed by atoms with Crippen LogP contribution in [0, 0.1) is 6.92 Å². The fourth-order valence-electron chi connectivity index (χ4n) is 2.25. The zero-order valence-corrected chi connectivity index (χ0v) is 12.7. The summed E-state index contributed by atoms with van der Waals surface area (Å²) in [7, 11) is -3.13. The number of hydrogen-bond acceptors (Lipinski definition) is 4. The Balaban J connectivity index is 1.83. The lowest BCUT2D eigenvalue weighted by molar-refractivity contribution is -0.121. The maximum absolute atomic E-state index is 11.8. The molecule has 1 aromatic rings. The Kier molecular flexibility index (Phi) is 4.79. The van der Waals surface area contributed by atoms with Crippen LogP contribution in [0.3, 0.4) is 0 Å². The van der Waals surface area contributed by atoms with E-state index in [4.69, 9.17) is 0 Å². The van der Waals surface area contributed by atoms with Crippen molar-refractivity contribution in [1.29, 1.82) is 0 Å². The Bertz CT molecular complexity index is 681. The Morgan fingerprint density at radius 1 is 1.43 bits per heavy atom. The number of rotatable bonds is 5. The fourth-order valence-corrected chi connectivity index (χ4v) is 3.78. The molecule has 2 heterocycles. The van der Waals surface area contributed by atoms with E-state index in [1.807, 2.05) is 0 Å². The van der Waals surface area contributed by atoms with Gasteiger partial charge in [-0.2, -0.15) is 0 Å². The highest BCUT2D eigenvalue weighted by Crippen LogP contribution is 2.11. The van der Waals surface area contributed by atoms with Gasteiger partial charge in [0.1, 0.15) is 6.54 Å². The van der Waals surface area contributed by atoms with E-state index in [-0.39, 0.29) is 36.9 Å². The summed E-state index contributed by atoms with van der Waals surface area (Å²) < 4.78 is 25.9. The first-order valence-corrected chi connectivity index (χ1v) is 8.41. The number of amides is 1. The van der Waals surface area contributed by atoms with Gasteiger partial charge in [-0.25, -0.2) is 12.7 Å². The molecule has 0 atom stereocenters. The molecule has 116 valence electrons. The third-order valence-electron chi connectivity index (χ3n) is 3.41. The maximum Gasteiger partial charge on any atom is 0.253 e. The van der Waals surface area contributed by atoms with Gasteiger partial charge in [0.05, 0.1) is 5.75 Å². The molecule has 1 aromatic heterocycles. The van der Waals surface area contributed by atoms with Crippen molar-refractivity contribution in [1.82, 2.24) is 14.2 Å². The molecular weight excluding hydrogens is 294 g/mol. The smallest absolute Gasteiger partial charge is 0.253 e. The molecule has 1 aliphatic heterocycles. The van der Waals surface area contributed by atoms with E-state index in [1.54, 1.807) is 25.3 Å². The normalized spacial score (nSPS) is 17.8. The van der Waals surface area contributed by atoms with Crippen molar-refractivity contribution in [3.05, 3.63) is 34.2 Å². The summed E-state index contributed by atoms with van der Waals surface area (Å²) in [6.07, 6.45) is 2.19. The minimum Gasteiger partial charge on any atom is -0.353 e. The van der Waals surface area contributed by atoms with E-state index in [1.165, 1.54) is 8.87 Å². The second kappa shape index (κ2) is 6.40. The van der Waals surface area contributed by atoms with Gasteiger partial charge in [-0.3, -0.25) is 9.59 Å². The van der Waals surface area contributed by atoms with Gasteiger partial charge in [0, 0.05) is 31.4 Å². The Morgan fingerprint density at radius 2 is 2.19 bits per heavy atom. The van der Waals surface area contributed by atoms with Crippen LogP contribution in [0.15, 0.2) is 23.1 Å². The molecular formula is C13H19N3O4S. The largest absolute Gasteiger partial charge is 0.353 e. The van der Waals surface area contributed by atoms with Gasteiger partial charge in [-0.1, -0.05) is 6.07 Å². The molecule has 0 aromatic carbocycles. The number of pyridine rings is 1. The van der Waals surface area contributed by atoms with Crippen LogP contribution in [0.1, 0.15) is 12.0 Å². The van der Waals surface area contributed by atoms with E-state index >= 15 is 0 Å². The van der Waals surface area contributed by atoms with E-state index in [2.05, 4.69) is 5.32 Å². The second-order valence-electron chi connectivity index (χ2n) is 5.04. The van der Waals surface area contributed by atoms with Crippen molar-refractivity contribution in [3.8, 4) is 0 Å². The van der Waals surface area contributed by atoms with E-state index in [0.29, 0.717) is 18.5 Å². The molecule has 21 heavy (non-hydrogen) atoms. The zero-order valence-electron chi connectivity index (χ0n) is 11.9. The summed E-state index contributed by atoms with van der Waals surface area (Å²) in [5.41, 5.74) is 0.378. The molecule has 0 aliphatic carbocycles. The molecule has 0 unspecified atom stereocenters. The summed E-state index contributed by atoms with van der Waals surface area (Å²) in [6, 6.07) is 3.40. The zero-order chi connectivity index (χ0) is 15.5. The van der Waals surface area contributed by atoms with E-state index in [9.17, 15) is 18.0 Å². The first-order chi connectivity index (χ1) is 9.90. The minimum absolute atomic E-state index is 0.0622. The third kappa shape index (κ3) is 3.92. The standard InChI is InChI=1S/C13H19N3O4S/c1-11-4-2-6-15(13(11)18)10-12(17)14-5-8-16-7-3-9-21(16,19)20/h2,4,6H,3,5,7-10H2,1H3,(H,14,17). The minimum atomic E-state index is -3.13. The van der Waals surface area contributed by atoms with Gasteiger partial charge in [0.25, 0.3) is 5.56 Å². The lowest BCUT2D eigenvalue weighted by Crippen LogP contribution is -2.38. The number of nitrogens with one attached hydrogen (secondary N) is 1. The first-order valence-electron chi connectivity index (χ1n) is 6.81. The van der Waals surface area contributed by atoms with Crippen LogP contribution < -0.4 is 10.9 Å². The van der Waals surface area contributed by atoms with Gasteiger partial charge in [0.2, 0.25) is 15.9 Å². The average molecular weight is 313 g/mol. The van der Waals surface area contributed by atoms with Crippen LogP contribution in [0.4, 0.5) is 0 Å². The highest BCUT2D eigenvalue weighted by Gasteiger charge is 2.27. The molecule has 1 amide bonds. The topological polar surface area (TPSA) is 88.5 Å². The monoisotopic (exact) mass is 313 g/mol. The van der Waals surface area contributed by atoms with Crippen molar-refractivity contribution < 1.29 is 13.2 Å². The lowest BCUT2D eigenvalue weighted by atomic mass is 10.3. The van der Waals surface area contributed by atoms with Crippen molar-refractivity contribution in [2.24, 2.45) is 0 Å². The van der Waals surface area contributed by atoms with Crippen molar-refractivity contribution >= 4 is 15.9 Å². The predicted octanol–water partition coefficient (Wildman–Crippen LogP) is -0.692. The Labute approximate surface area is 123 Å². The molecule has 8 heteroatoms. The summed E-state index contributed by atoms with van der Waals surface area (Å²) in [5.74, 6) is -0.126. The van der Waals surface area contributed by atoms with Crippen molar-refractivity contribution in [3.63, 3.8) is 0 Å². The SMILES string of the molecule is Cc1cccn(CC(=O)NCCN2CCCS2(=O)=O)c1=O. The van der Waals surface area contributed by atoms with Crippen molar-refractivity contribution in [2.75, 3.05) is 25.4 Å². The number of aromatic nitrogens is 1. The van der Waals surface area contributed by atoms with Crippen LogP contribution in [0.5, 0.6) is 0 Å². The quantitative estimate of drug-likeness (QED) is 0.779. The molecule has 0 radical (unpaired) electrons. The maximum atomic E-state index is 11.8. The summed E-state index contributed by atoms with van der Waals surface area (Å²) in [5, 5.41) is 2.64. The van der Waals surface area contributed by atoms with Crippen LogP contribution in [-0.2, 0) is 21.4 Å². The summed E-state index contributed by atoms with van der Waals surface area (Å²) >= 11 is 0. The first kappa shape index (κ1) is 15.7. The van der Waals surface area contributed by atoms with E-state index < -0.39 is 10.0 Å². The Morgan fingerprint density at radius 3 is 2.86 bits per heavy atom. The highest BCUT2D eigenvalue weighted by molar-refractivity contribution is 7.89. The molecule has 1 saturated heterocycles. The molecule has 0 bridgehead atoms. The van der Waals surface area contributed by atoms with Crippen LogP contribution >= 0.6 is 0 Å². The summed E-state index contributed by atoms with van der Waals surface area (Å²) in [6.45, 7) is 2.66. The van der Waals surface area contributed by atoms with Crippen LogP contribution in [0.25, 0.3) is 0 Å². The molecule has 1 fully saturated rings. The van der Waals surface area contributed by atoms with Gasteiger partial charge < -0.3 is 9.88 Å².